The van der Waals surface area contributed by atoms with E-state index in [0.717, 1.165) is 59.1 Å². The Bertz CT molecular complexity index is 1190. The highest BCUT2D eigenvalue weighted by molar-refractivity contribution is 6.13. The molecular formula is C26H24O6. The Morgan fingerprint density at radius 3 is 1.44 bits per heavy atom. The van der Waals surface area contributed by atoms with Crippen LogP contribution in [-0.4, -0.2) is 11.9 Å². The molecule has 4 heterocycles. The molecule has 6 rings (SSSR count). The summed E-state index contributed by atoms with van der Waals surface area (Å²) in [5.41, 5.74) is 2.85. The summed E-state index contributed by atoms with van der Waals surface area (Å²) in [6.07, 6.45) is 6.53. The topological polar surface area (TPSA) is 78.9 Å². The molecule has 4 bridgehead atoms. The number of furan rings is 4. The maximum atomic E-state index is 13.1. The first-order valence-corrected chi connectivity index (χ1v) is 11.3. The molecule has 4 aromatic heterocycles. The zero-order chi connectivity index (χ0) is 21.9. The van der Waals surface area contributed by atoms with Crippen LogP contribution in [0.5, 0.6) is 0 Å². The smallest absolute Gasteiger partial charge is 0.345 e. The van der Waals surface area contributed by atoms with Crippen LogP contribution in [0.4, 0.5) is 0 Å². The van der Waals surface area contributed by atoms with E-state index in [2.05, 4.69) is 6.58 Å². The van der Waals surface area contributed by atoms with Crippen molar-refractivity contribution in [2.75, 3.05) is 0 Å². The molecule has 0 aliphatic heterocycles. The lowest BCUT2D eigenvalue weighted by Crippen LogP contribution is -2.34. The molecule has 0 spiro atoms. The number of carbonyl (C=O) groups excluding carboxylic acids is 2. The van der Waals surface area contributed by atoms with Gasteiger partial charge in [0.15, 0.2) is 0 Å². The van der Waals surface area contributed by atoms with E-state index >= 15 is 0 Å². The van der Waals surface area contributed by atoms with Gasteiger partial charge in [-0.3, -0.25) is 0 Å². The summed E-state index contributed by atoms with van der Waals surface area (Å²) < 4.78 is 23.3. The van der Waals surface area contributed by atoms with E-state index in [4.69, 9.17) is 18.3 Å². The van der Waals surface area contributed by atoms with E-state index in [9.17, 15) is 9.59 Å². The lowest BCUT2D eigenvalue weighted by Gasteiger charge is -2.30. The number of carbonyl (C=O) groups is 2. The van der Waals surface area contributed by atoms with Crippen molar-refractivity contribution < 1.29 is 27.9 Å². The van der Waals surface area contributed by atoms with Gasteiger partial charge in [0.2, 0.25) is 0 Å². The van der Waals surface area contributed by atoms with Gasteiger partial charge in [-0.1, -0.05) is 6.58 Å². The van der Waals surface area contributed by atoms with Crippen LogP contribution in [0.25, 0.3) is 22.3 Å². The van der Waals surface area contributed by atoms with Crippen LogP contribution in [0, 0.1) is 0 Å². The molecule has 0 saturated heterocycles. The number of rotatable bonds is 6. The van der Waals surface area contributed by atoms with Crippen molar-refractivity contribution in [2.24, 2.45) is 0 Å². The van der Waals surface area contributed by atoms with Crippen molar-refractivity contribution in [2.45, 2.75) is 62.6 Å². The fraction of sp³-hybridized carbons (Fsp3) is 0.385. The summed E-state index contributed by atoms with van der Waals surface area (Å²) in [5, 5.41) is 0. The third-order valence-electron chi connectivity index (χ3n) is 7.23. The SMILES string of the molecule is C=C(C(=O)OC1(c2cc3ccc2o3)CCCC1)C(=O)OC1(c2cc3ccc2o3)CCCC1. The fourth-order valence-electron chi connectivity index (χ4n) is 5.60. The van der Waals surface area contributed by atoms with E-state index in [0.29, 0.717) is 25.7 Å². The molecule has 0 N–H and O–H groups in total. The average molecular weight is 432 g/mol. The minimum absolute atomic E-state index is 0.279. The lowest BCUT2D eigenvalue weighted by molar-refractivity contribution is -0.164. The molecule has 0 unspecified atom stereocenters. The number of ether oxygens (including phenoxy) is 2. The highest BCUT2D eigenvalue weighted by atomic mass is 16.6. The molecule has 4 aromatic rings. The van der Waals surface area contributed by atoms with E-state index in [1.807, 2.05) is 36.4 Å². The predicted octanol–water partition coefficient (Wildman–Crippen LogP) is 5.94. The number of benzene rings is 2. The van der Waals surface area contributed by atoms with Crippen LogP contribution in [0.1, 0.15) is 62.5 Å². The van der Waals surface area contributed by atoms with Crippen LogP contribution in [-0.2, 0) is 30.3 Å². The molecule has 6 nitrogen and oxygen atoms in total. The molecule has 32 heavy (non-hydrogen) atoms. The summed E-state index contributed by atoms with van der Waals surface area (Å²) in [4.78, 5) is 26.1. The minimum atomic E-state index is -0.786. The molecule has 0 radical (unpaired) electrons. The van der Waals surface area contributed by atoms with E-state index in [-0.39, 0.29) is 5.57 Å². The maximum absolute atomic E-state index is 13.1. The molecule has 2 aliphatic rings. The molecule has 2 aliphatic carbocycles. The normalized spacial score (nSPS) is 19.8. The van der Waals surface area contributed by atoms with Gasteiger partial charge in [0.25, 0.3) is 0 Å². The van der Waals surface area contributed by atoms with Crippen molar-refractivity contribution in [1.29, 1.82) is 0 Å². The number of hydrogen-bond acceptors (Lipinski definition) is 6. The Kier molecular flexibility index (Phi) is 4.16. The van der Waals surface area contributed by atoms with E-state index in [1.54, 1.807) is 0 Å². The first-order chi connectivity index (χ1) is 15.5. The van der Waals surface area contributed by atoms with Crippen LogP contribution in [0.15, 0.2) is 57.4 Å². The van der Waals surface area contributed by atoms with Crippen molar-refractivity contribution in [1.82, 2.24) is 0 Å². The molecule has 0 aromatic carbocycles. The maximum Gasteiger partial charge on any atom is 0.345 e. The molecule has 6 heteroatoms. The largest absolute Gasteiger partial charge is 0.457 e. The first kappa shape index (κ1) is 19.4. The van der Waals surface area contributed by atoms with Gasteiger partial charge in [-0.25, -0.2) is 9.59 Å². The Morgan fingerprint density at radius 2 is 1.12 bits per heavy atom. The third kappa shape index (κ3) is 2.85. The number of esters is 2. The zero-order valence-corrected chi connectivity index (χ0v) is 17.8. The predicted molar refractivity (Wildman–Crippen MR) is 116 cm³/mol. The van der Waals surface area contributed by atoms with Gasteiger partial charge in [0.1, 0.15) is 39.1 Å². The summed E-state index contributed by atoms with van der Waals surface area (Å²) in [5.74, 6) is -1.47. The van der Waals surface area contributed by atoms with Gasteiger partial charge in [-0.15, -0.1) is 0 Å². The van der Waals surface area contributed by atoms with Crippen LogP contribution in [0.2, 0.25) is 0 Å². The summed E-state index contributed by atoms with van der Waals surface area (Å²) in [6.45, 7) is 3.75. The molecular weight excluding hydrogens is 408 g/mol. The summed E-state index contributed by atoms with van der Waals surface area (Å²) in [7, 11) is 0. The summed E-state index contributed by atoms with van der Waals surface area (Å²) >= 11 is 0. The van der Waals surface area contributed by atoms with Crippen molar-refractivity contribution >= 4 is 34.3 Å². The van der Waals surface area contributed by atoms with Gasteiger partial charge < -0.3 is 18.3 Å². The van der Waals surface area contributed by atoms with Gasteiger partial charge >= 0.3 is 11.9 Å². The van der Waals surface area contributed by atoms with E-state index in [1.165, 1.54) is 0 Å². The quantitative estimate of drug-likeness (QED) is 0.162. The second-order valence-corrected chi connectivity index (χ2v) is 9.18. The van der Waals surface area contributed by atoms with Gasteiger partial charge in [0.05, 0.1) is 0 Å². The molecule has 164 valence electrons. The fourth-order valence-corrected chi connectivity index (χ4v) is 5.60. The lowest BCUT2D eigenvalue weighted by atomic mass is 9.91. The van der Waals surface area contributed by atoms with Crippen molar-refractivity contribution in [3.8, 4) is 0 Å². The highest BCUT2D eigenvalue weighted by Crippen LogP contribution is 2.48. The van der Waals surface area contributed by atoms with Crippen LogP contribution < -0.4 is 0 Å². The molecule has 2 fully saturated rings. The molecule has 0 amide bonds. The molecule has 2 saturated carbocycles. The molecule has 0 atom stereocenters. The van der Waals surface area contributed by atoms with Crippen molar-refractivity contribution in [3.63, 3.8) is 0 Å². The zero-order valence-electron chi connectivity index (χ0n) is 17.8. The second-order valence-electron chi connectivity index (χ2n) is 9.18. The van der Waals surface area contributed by atoms with E-state index < -0.39 is 23.1 Å². The Morgan fingerprint density at radius 1 is 0.719 bits per heavy atom. The Hall–Kier alpha value is -3.28. The van der Waals surface area contributed by atoms with Crippen molar-refractivity contribution in [3.05, 3.63) is 59.7 Å². The average Bonchev–Trinajstić information content (AvgIpc) is 3.61. The monoisotopic (exact) mass is 432 g/mol. The second kappa shape index (κ2) is 6.86. The van der Waals surface area contributed by atoms with Gasteiger partial charge in [-0.2, -0.15) is 0 Å². The first-order valence-electron chi connectivity index (χ1n) is 11.3. The minimum Gasteiger partial charge on any atom is -0.457 e. The van der Waals surface area contributed by atoms with Crippen LogP contribution >= 0.6 is 0 Å². The standard InChI is InChI=1S/C26H24O6/c1-16(23(27)31-25(10-2-3-11-25)19-14-17-6-8-21(19)29-17)24(28)32-26(12-4-5-13-26)20-15-18-7-9-22(20)30-18/h6-9,14-15H,1-5,10-13H2. The van der Waals surface area contributed by atoms with Gasteiger partial charge in [0, 0.05) is 11.1 Å². The Labute approximate surface area is 184 Å². The number of fused-ring (bicyclic) bond motifs is 4. The third-order valence-corrected chi connectivity index (χ3v) is 7.23. The van der Waals surface area contributed by atoms with Gasteiger partial charge in [-0.05, 0) is 87.8 Å². The van der Waals surface area contributed by atoms with Crippen LogP contribution in [0.3, 0.4) is 0 Å². The summed E-state index contributed by atoms with van der Waals surface area (Å²) in [6, 6.07) is 11.4. The highest BCUT2D eigenvalue weighted by Gasteiger charge is 2.46. The Balaban J connectivity index is 1.22. The number of hydrogen-bond donors (Lipinski definition) is 0.